The lowest BCUT2D eigenvalue weighted by molar-refractivity contribution is -0.0438. The summed E-state index contributed by atoms with van der Waals surface area (Å²) in [5.41, 5.74) is 9.06. The van der Waals surface area contributed by atoms with Crippen molar-refractivity contribution in [3.8, 4) is 17.2 Å². The third-order valence-corrected chi connectivity index (χ3v) is 6.71. The van der Waals surface area contributed by atoms with E-state index >= 15 is 0 Å². The van der Waals surface area contributed by atoms with Crippen LogP contribution >= 0.6 is 11.6 Å². The van der Waals surface area contributed by atoms with Crippen LogP contribution in [0, 0.1) is 17.2 Å². The van der Waals surface area contributed by atoms with Crippen molar-refractivity contribution in [1.82, 2.24) is 10.3 Å². The first-order valence-electron chi connectivity index (χ1n) is 10.00. The van der Waals surface area contributed by atoms with E-state index in [1.807, 2.05) is 18.2 Å². The first kappa shape index (κ1) is 18.4. The molecule has 2 bridgehead atoms. The van der Waals surface area contributed by atoms with Gasteiger partial charge in [0.1, 0.15) is 11.8 Å². The number of carbonyl (C=O) groups excluding carboxylic acids is 1. The molecule has 1 saturated heterocycles. The summed E-state index contributed by atoms with van der Waals surface area (Å²) in [6.07, 6.45) is 5.56. The Morgan fingerprint density at radius 3 is 2.76 bits per heavy atom. The van der Waals surface area contributed by atoms with Gasteiger partial charge in [0.15, 0.2) is 0 Å². The fraction of sp³-hybridized carbons (Fsp3) is 0.409. The van der Waals surface area contributed by atoms with Crippen LogP contribution < -0.4 is 16.0 Å². The van der Waals surface area contributed by atoms with Gasteiger partial charge in [-0.25, -0.2) is 4.98 Å². The summed E-state index contributed by atoms with van der Waals surface area (Å²) in [5.74, 6) is 0.645. The van der Waals surface area contributed by atoms with E-state index in [1.165, 1.54) is 6.20 Å². The van der Waals surface area contributed by atoms with Crippen LogP contribution in [0.1, 0.15) is 41.7 Å². The molecule has 0 radical (unpaired) electrons. The number of nitrogens with two attached hydrogens (primary N) is 1. The zero-order valence-corrected chi connectivity index (χ0v) is 16.7. The Hall–Kier alpha value is -2.62. The number of halogens is 1. The van der Waals surface area contributed by atoms with Gasteiger partial charge in [-0.2, -0.15) is 5.26 Å². The molecule has 4 aliphatic rings. The molecule has 3 N–H and O–H groups in total. The van der Waals surface area contributed by atoms with Crippen molar-refractivity contribution < 1.29 is 4.79 Å². The van der Waals surface area contributed by atoms with Gasteiger partial charge in [0.2, 0.25) is 0 Å². The van der Waals surface area contributed by atoms with Crippen molar-refractivity contribution in [2.24, 2.45) is 11.7 Å². The van der Waals surface area contributed by atoms with E-state index in [4.69, 9.17) is 17.3 Å². The number of anilines is 1. The molecule has 7 heteroatoms. The largest absolute Gasteiger partial charge is 0.369 e. The van der Waals surface area contributed by atoms with Crippen LogP contribution in [0.25, 0.3) is 11.1 Å². The zero-order valence-electron chi connectivity index (χ0n) is 16.0. The Morgan fingerprint density at radius 2 is 2.17 bits per heavy atom. The first-order valence-corrected chi connectivity index (χ1v) is 10.4. The molecule has 6 rings (SSSR count). The molecular weight excluding hydrogens is 386 g/mol. The SMILES string of the molecule is N#Cc1ncc(C(=O)NC23CC(C2)C3)c(N2CC[C@H](N)C2)c1-c1cccc(Cl)c1. The molecule has 2 aromatic rings. The maximum Gasteiger partial charge on any atom is 0.255 e. The van der Waals surface area contributed by atoms with E-state index < -0.39 is 0 Å². The van der Waals surface area contributed by atoms with E-state index in [-0.39, 0.29) is 23.2 Å². The van der Waals surface area contributed by atoms with E-state index in [1.54, 1.807) is 6.07 Å². The Balaban J connectivity index is 1.65. The second-order valence-electron chi connectivity index (χ2n) is 8.57. The van der Waals surface area contributed by atoms with Gasteiger partial charge in [0, 0.05) is 41.5 Å². The summed E-state index contributed by atoms with van der Waals surface area (Å²) in [7, 11) is 0. The average Bonchev–Trinajstić information content (AvgIpc) is 3.08. The lowest BCUT2D eigenvalue weighted by Gasteiger charge is -2.61. The minimum absolute atomic E-state index is 0.0365. The van der Waals surface area contributed by atoms with Gasteiger partial charge in [0.05, 0.1) is 11.3 Å². The number of nitrogens with zero attached hydrogens (tertiary/aromatic N) is 3. The molecule has 4 fully saturated rings. The molecule has 2 heterocycles. The zero-order chi connectivity index (χ0) is 20.2. The standard InChI is InChI=1S/C22H22ClN5O/c23-15-3-1-2-14(6-15)19-18(10-24)26-11-17(20(19)28-5-4-16(25)12-28)21(29)27-22-7-13(8-22)9-22/h1-3,6,11,13,16H,4-5,7-9,12,25H2,(H,27,29)/t13?,16-,22?/m0/s1. The van der Waals surface area contributed by atoms with Gasteiger partial charge in [-0.3, -0.25) is 4.79 Å². The van der Waals surface area contributed by atoms with Crippen LogP contribution in [0.4, 0.5) is 5.69 Å². The van der Waals surface area contributed by atoms with Crippen LogP contribution in [0.2, 0.25) is 5.02 Å². The Bertz CT molecular complexity index is 1030. The van der Waals surface area contributed by atoms with Crippen molar-refractivity contribution in [3.05, 3.63) is 46.7 Å². The van der Waals surface area contributed by atoms with Gasteiger partial charge in [-0.05, 0) is 49.3 Å². The monoisotopic (exact) mass is 407 g/mol. The third kappa shape index (κ3) is 3.06. The number of nitriles is 1. The molecule has 0 unspecified atom stereocenters. The number of aromatic nitrogens is 1. The van der Waals surface area contributed by atoms with Crippen LogP contribution in [-0.2, 0) is 0 Å². The number of amides is 1. The number of pyridine rings is 1. The summed E-state index contributed by atoms with van der Waals surface area (Å²) in [4.78, 5) is 19.7. The molecule has 1 aliphatic heterocycles. The van der Waals surface area contributed by atoms with E-state index in [9.17, 15) is 10.1 Å². The van der Waals surface area contributed by atoms with Crippen molar-refractivity contribution >= 4 is 23.2 Å². The number of hydrogen-bond acceptors (Lipinski definition) is 5. The van der Waals surface area contributed by atoms with Gasteiger partial charge >= 0.3 is 0 Å². The quantitative estimate of drug-likeness (QED) is 0.812. The first-order chi connectivity index (χ1) is 14.0. The normalized spacial score (nSPS) is 27.0. The van der Waals surface area contributed by atoms with Crippen molar-refractivity contribution in [1.29, 1.82) is 5.26 Å². The van der Waals surface area contributed by atoms with Gasteiger partial charge in [-0.1, -0.05) is 23.7 Å². The fourth-order valence-corrected chi connectivity index (χ4v) is 5.12. The van der Waals surface area contributed by atoms with Crippen molar-refractivity contribution in [2.45, 2.75) is 37.3 Å². The second kappa shape index (κ2) is 6.72. The number of rotatable bonds is 4. The van der Waals surface area contributed by atoms with Crippen LogP contribution in [-0.4, -0.2) is 35.6 Å². The lowest BCUT2D eigenvalue weighted by atomic mass is 9.50. The maximum atomic E-state index is 13.3. The minimum atomic E-state index is -0.126. The number of benzene rings is 1. The predicted octanol–water partition coefficient (Wildman–Crippen LogP) is 3.09. The Morgan fingerprint density at radius 1 is 1.38 bits per heavy atom. The lowest BCUT2D eigenvalue weighted by Crippen LogP contribution is -2.68. The summed E-state index contributed by atoms with van der Waals surface area (Å²) in [6.45, 7) is 1.37. The predicted molar refractivity (Wildman–Crippen MR) is 112 cm³/mol. The Labute approximate surface area is 174 Å². The van der Waals surface area contributed by atoms with Gasteiger partial charge in [-0.15, -0.1) is 0 Å². The molecule has 0 spiro atoms. The minimum Gasteiger partial charge on any atom is -0.369 e. The fourth-order valence-electron chi connectivity index (χ4n) is 4.93. The highest BCUT2D eigenvalue weighted by Crippen LogP contribution is 2.57. The summed E-state index contributed by atoms with van der Waals surface area (Å²) in [5, 5.41) is 13.5. The molecule has 1 aromatic heterocycles. The maximum absolute atomic E-state index is 13.3. The van der Waals surface area contributed by atoms with E-state index in [2.05, 4.69) is 21.3 Å². The summed E-state index contributed by atoms with van der Waals surface area (Å²) in [6, 6.07) is 9.56. The van der Waals surface area contributed by atoms with Crippen LogP contribution in [0.15, 0.2) is 30.5 Å². The molecule has 1 aromatic carbocycles. The van der Waals surface area contributed by atoms with Gasteiger partial charge < -0.3 is 16.0 Å². The van der Waals surface area contributed by atoms with Crippen molar-refractivity contribution in [2.75, 3.05) is 18.0 Å². The molecule has 1 amide bonds. The molecular formula is C22H22ClN5O. The number of hydrogen-bond donors (Lipinski definition) is 2. The smallest absolute Gasteiger partial charge is 0.255 e. The number of carbonyl (C=O) groups is 1. The van der Waals surface area contributed by atoms with Crippen molar-refractivity contribution in [3.63, 3.8) is 0 Å². The molecule has 3 aliphatic carbocycles. The summed E-state index contributed by atoms with van der Waals surface area (Å²) < 4.78 is 0. The van der Waals surface area contributed by atoms with E-state index in [0.717, 1.165) is 49.4 Å². The highest BCUT2D eigenvalue weighted by atomic mass is 35.5. The third-order valence-electron chi connectivity index (χ3n) is 6.47. The molecule has 1 atom stereocenters. The Kier molecular flexibility index (Phi) is 4.27. The number of nitrogens with one attached hydrogen (secondary N) is 1. The highest BCUT2D eigenvalue weighted by Gasteiger charge is 2.57. The van der Waals surface area contributed by atoms with Crippen LogP contribution in [0.5, 0.6) is 0 Å². The topological polar surface area (TPSA) is 95.0 Å². The molecule has 29 heavy (non-hydrogen) atoms. The summed E-state index contributed by atoms with van der Waals surface area (Å²) >= 11 is 6.23. The second-order valence-corrected chi connectivity index (χ2v) is 9.01. The van der Waals surface area contributed by atoms with Crippen LogP contribution in [0.3, 0.4) is 0 Å². The van der Waals surface area contributed by atoms with Gasteiger partial charge in [0.25, 0.3) is 5.91 Å². The molecule has 148 valence electrons. The average molecular weight is 408 g/mol. The molecule has 3 saturated carbocycles. The van der Waals surface area contributed by atoms with E-state index in [0.29, 0.717) is 22.7 Å². The highest BCUT2D eigenvalue weighted by molar-refractivity contribution is 6.30. The molecule has 6 nitrogen and oxygen atoms in total.